The van der Waals surface area contributed by atoms with Crippen LogP contribution in [0.3, 0.4) is 0 Å². The normalized spacial score (nSPS) is 31.5. The van der Waals surface area contributed by atoms with Crippen LogP contribution in [0.4, 0.5) is 0 Å². The van der Waals surface area contributed by atoms with Gasteiger partial charge in [0.15, 0.2) is 0 Å². The molecule has 3 atom stereocenters. The Labute approximate surface area is 140 Å². The molecule has 1 aromatic rings. The molecule has 0 spiro atoms. The number of aromatic nitrogens is 2. The number of hydrogen-bond donors (Lipinski definition) is 0. The summed E-state index contributed by atoms with van der Waals surface area (Å²) < 4.78 is 2.04. The van der Waals surface area contributed by atoms with E-state index >= 15 is 0 Å². The zero-order valence-electron chi connectivity index (χ0n) is 14.3. The molecule has 3 aliphatic rings. The molecule has 2 bridgehead atoms. The minimum Gasteiger partial charge on any atom is -0.303 e. The Bertz CT molecular complexity index is 515. The molecule has 126 valence electrons. The Hall–Kier alpha value is -1.13. The van der Waals surface area contributed by atoms with Crippen LogP contribution in [0, 0.1) is 17.8 Å². The molecule has 2 fully saturated rings. The molecule has 1 saturated heterocycles. The Morgan fingerprint density at radius 2 is 2.00 bits per heavy atom. The SMILES string of the molecule is CN(C[C@H]1C[C@H]2C=C[C@H]1C2)C1CCN(CCn2cccn2)CC1. The lowest BCUT2D eigenvalue weighted by atomic mass is 9.92. The Balaban J connectivity index is 1.19. The van der Waals surface area contributed by atoms with Crippen LogP contribution in [0.2, 0.25) is 0 Å². The first-order valence-electron chi connectivity index (χ1n) is 9.36. The predicted octanol–water partition coefficient (Wildman–Crippen LogP) is 2.49. The van der Waals surface area contributed by atoms with E-state index in [4.69, 9.17) is 0 Å². The highest BCUT2D eigenvalue weighted by Crippen LogP contribution is 2.43. The van der Waals surface area contributed by atoms with Gasteiger partial charge in [-0.15, -0.1) is 0 Å². The molecular weight excluding hydrogens is 284 g/mol. The van der Waals surface area contributed by atoms with Gasteiger partial charge in [0.05, 0.1) is 6.54 Å². The third-order valence-electron chi connectivity index (χ3n) is 6.32. The molecule has 4 heteroatoms. The Morgan fingerprint density at radius 1 is 1.13 bits per heavy atom. The summed E-state index contributed by atoms with van der Waals surface area (Å²) in [7, 11) is 2.36. The number of piperidine rings is 1. The summed E-state index contributed by atoms with van der Waals surface area (Å²) in [6, 6.07) is 2.80. The molecule has 1 aromatic heterocycles. The molecule has 0 aromatic carbocycles. The fourth-order valence-electron chi connectivity index (χ4n) is 4.88. The largest absolute Gasteiger partial charge is 0.303 e. The maximum Gasteiger partial charge on any atom is 0.0536 e. The van der Waals surface area contributed by atoms with Gasteiger partial charge >= 0.3 is 0 Å². The van der Waals surface area contributed by atoms with Crippen molar-refractivity contribution in [2.45, 2.75) is 38.3 Å². The second-order valence-electron chi connectivity index (χ2n) is 7.82. The zero-order valence-corrected chi connectivity index (χ0v) is 14.3. The van der Waals surface area contributed by atoms with E-state index in [0.717, 1.165) is 36.9 Å². The van der Waals surface area contributed by atoms with Crippen molar-refractivity contribution in [2.75, 3.05) is 33.2 Å². The Morgan fingerprint density at radius 3 is 2.65 bits per heavy atom. The second kappa shape index (κ2) is 6.78. The topological polar surface area (TPSA) is 24.3 Å². The first kappa shape index (κ1) is 15.4. The summed E-state index contributed by atoms with van der Waals surface area (Å²) in [5, 5.41) is 4.30. The summed E-state index contributed by atoms with van der Waals surface area (Å²) in [5.74, 6) is 2.71. The van der Waals surface area contributed by atoms with Crippen LogP contribution in [-0.2, 0) is 6.54 Å². The monoisotopic (exact) mass is 314 g/mol. The van der Waals surface area contributed by atoms with Crippen molar-refractivity contribution in [3.63, 3.8) is 0 Å². The molecule has 2 aliphatic carbocycles. The van der Waals surface area contributed by atoms with Crippen molar-refractivity contribution in [2.24, 2.45) is 17.8 Å². The summed E-state index contributed by atoms with van der Waals surface area (Å²) in [4.78, 5) is 5.27. The Kier molecular flexibility index (Phi) is 4.54. The molecule has 1 aliphatic heterocycles. The van der Waals surface area contributed by atoms with Crippen molar-refractivity contribution in [3.8, 4) is 0 Å². The van der Waals surface area contributed by atoms with Crippen molar-refractivity contribution >= 4 is 0 Å². The first-order chi connectivity index (χ1) is 11.3. The quantitative estimate of drug-likeness (QED) is 0.754. The van der Waals surface area contributed by atoms with Crippen molar-refractivity contribution in [1.82, 2.24) is 19.6 Å². The molecule has 4 nitrogen and oxygen atoms in total. The third kappa shape index (κ3) is 3.53. The average Bonchev–Trinajstić information content (AvgIpc) is 3.31. The molecule has 0 radical (unpaired) electrons. The van der Waals surface area contributed by atoms with Crippen LogP contribution in [0.5, 0.6) is 0 Å². The van der Waals surface area contributed by atoms with Crippen LogP contribution in [0.15, 0.2) is 30.6 Å². The summed E-state index contributed by atoms with van der Waals surface area (Å²) in [5.41, 5.74) is 0. The van der Waals surface area contributed by atoms with E-state index in [1.807, 2.05) is 16.9 Å². The number of fused-ring (bicyclic) bond motifs is 2. The van der Waals surface area contributed by atoms with E-state index in [0.29, 0.717) is 0 Å². The third-order valence-corrected chi connectivity index (χ3v) is 6.32. The van der Waals surface area contributed by atoms with Crippen molar-refractivity contribution in [1.29, 1.82) is 0 Å². The molecule has 4 rings (SSSR count). The van der Waals surface area contributed by atoms with Gasteiger partial charge in [-0.25, -0.2) is 0 Å². The summed E-state index contributed by atoms with van der Waals surface area (Å²) >= 11 is 0. The van der Waals surface area contributed by atoms with E-state index in [9.17, 15) is 0 Å². The number of allylic oxidation sites excluding steroid dienone is 2. The predicted molar refractivity (Wildman–Crippen MR) is 93.2 cm³/mol. The lowest BCUT2D eigenvalue weighted by molar-refractivity contribution is 0.109. The van der Waals surface area contributed by atoms with E-state index in [1.54, 1.807) is 0 Å². The van der Waals surface area contributed by atoms with E-state index in [1.165, 1.54) is 45.3 Å². The number of rotatable bonds is 6. The van der Waals surface area contributed by atoms with Crippen molar-refractivity contribution in [3.05, 3.63) is 30.6 Å². The highest BCUT2D eigenvalue weighted by molar-refractivity contribution is 5.10. The molecule has 23 heavy (non-hydrogen) atoms. The molecule has 0 N–H and O–H groups in total. The van der Waals surface area contributed by atoms with Crippen LogP contribution < -0.4 is 0 Å². The minimum absolute atomic E-state index is 0.791. The van der Waals surface area contributed by atoms with Crippen LogP contribution in [-0.4, -0.2) is 58.8 Å². The van der Waals surface area contributed by atoms with Crippen molar-refractivity contribution < 1.29 is 0 Å². The van der Waals surface area contributed by atoms with Gasteiger partial charge < -0.3 is 9.80 Å². The number of hydrogen-bond acceptors (Lipinski definition) is 3. The molecule has 0 amide bonds. The van der Waals surface area contributed by atoms with Gasteiger partial charge in [-0.05, 0) is 69.6 Å². The van der Waals surface area contributed by atoms with E-state index in [2.05, 4.69) is 40.3 Å². The molecular formula is C19H30N4. The smallest absolute Gasteiger partial charge is 0.0536 e. The number of likely N-dealkylation sites (tertiary alicyclic amines) is 1. The summed E-state index contributed by atoms with van der Waals surface area (Å²) in [6.45, 7) is 5.95. The van der Waals surface area contributed by atoms with Crippen LogP contribution in [0.1, 0.15) is 25.7 Å². The average molecular weight is 314 g/mol. The maximum absolute atomic E-state index is 4.30. The lowest BCUT2D eigenvalue weighted by Gasteiger charge is -2.38. The second-order valence-corrected chi connectivity index (χ2v) is 7.82. The lowest BCUT2D eigenvalue weighted by Crippen LogP contribution is -2.45. The van der Waals surface area contributed by atoms with Gasteiger partial charge in [-0.2, -0.15) is 5.10 Å². The van der Waals surface area contributed by atoms with Gasteiger partial charge in [0.2, 0.25) is 0 Å². The molecule has 2 heterocycles. The van der Waals surface area contributed by atoms with Gasteiger partial charge in [-0.1, -0.05) is 12.2 Å². The van der Waals surface area contributed by atoms with Gasteiger partial charge in [0.25, 0.3) is 0 Å². The highest BCUT2D eigenvalue weighted by Gasteiger charge is 2.36. The standard InChI is InChI=1S/C19H30N4/c1-21(15-18-14-16-3-4-17(18)13-16)19-5-9-22(10-6-19)11-12-23-8-2-7-20-23/h2-4,7-8,16-19H,5-6,9-15H2,1H3/t16-,17-,18+/m0/s1. The highest BCUT2D eigenvalue weighted by atomic mass is 15.3. The maximum atomic E-state index is 4.30. The fraction of sp³-hybridized carbons (Fsp3) is 0.737. The van der Waals surface area contributed by atoms with Gasteiger partial charge in [0, 0.05) is 31.5 Å². The minimum atomic E-state index is 0.791. The molecule has 1 saturated carbocycles. The first-order valence-corrected chi connectivity index (χ1v) is 9.36. The van der Waals surface area contributed by atoms with Crippen LogP contribution >= 0.6 is 0 Å². The van der Waals surface area contributed by atoms with E-state index in [-0.39, 0.29) is 0 Å². The molecule has 0 unspecified atom stereocenters. The van der Waals surface area contributed by atoms with Gasteiger partial charge in [-0.3, -0.25) is 4.68 Å². The number of nitrogens with zero attached hydrogens (tertiary/aromatic N) is 4. The van der Waals surface area contributed by atoms with E-state index < -0.39 is 0 Å². The zero-order chi connectivity index (χ0) is 15.6. The summed E-state index contributed by atoms with van der Waals surface area (Å²) in [6.07, 6.45) is 14.4. The van der Waals surface area contributed by atoms with Gasteiger partial charge in [0.1, 0.15) is 0 Å². The fourth-order valence-corrected chi connectivity index (χ4v) is 4.88. The van der Waals surface area contributed by atoms with Crippen LogP contribution in [0.25, 0.3) is 0 Å².